The van der Waals surface area contributed by atoms with Gasteiger partial charge in [-0.1, -0.05) is 61.9 Å². The van der Waals surface area contributed by atoms with Gasteiger partial charge in [0.2, 0.25) is 10.8 Å². The fourth-order valence-corrected chi connectivity index (χ4v) is 5.54. The Kier molecular flexibility index (Phi) is 4.95. The summed E-state index contributed by atoms with van der Waals surface area (Å²) in [5, 5.41) is 15.5. The van der Waals surface area contributed by atoms with Crippen molar-refractivity contribution in [1.29, 1.82) is 0 Å². The SMILES string of the molecule is CCc1nc2sc([C@@H](c3cccc(C)c3)N3C[C@H](C)C[C@H](C)C3)c(O)n2n1. The van der Waals surface area contributed by atoms with Crippen LogP contribution in [0, 0.1) is 18.8 Å². The molecule has 5 nitrogen and oxygen atoms in total. The number of piperidine rings is 1. The summed E-state index contributed by atoms with van der Waals surface area (Å²) in [5.74, 6) is 2.31. The summed E-state index contributed by atoms with van der Waals surface area (Å²) in [5.41, 5.74) is 2.47. The highest BCUT2D eigenvalue weighted by Gasteiger charge is 2.33. The van der Waals surface area contributed by atoms with E-state index in [1.807, 2.05) is 6.92 Å². The van der Waals surface area contributed by atoms with Crippen molar-refractivity contribution in [3.05, 3.63) is 46.1 Å². The molecule has 6 heteroatoms. The average Bonchev–Trinajstić information content (AvgIpc) is 3.14. The summed E-state index contributed by atoms with van der Waals surface area (Å²) >= 11 is 1.56. The lowest BCUT2D eigenvalue weighted by Crippen LogP contribution is -2.41. The molecule has 0 amide bonds. The van der Waals surface area contributed by atoms with Gasteiger partial charge in [0.15, 0.2) is 5.82 Å². The normalized spacial score (nSPS) is 22.4. The summed E-state index contributed by atoms with van der Waals surface area (Å²) in [4.78, 5) is 8.82. The van der Waals surface area contributed by atoms with Crippen LogP contribution in [-0.2, 0) is 6.42 Å². The second kappa shape index (κ2) is 7.24. The molecule has 3 aromatic rings. The fraction of sp³-hybridized carbons (Fsp3) is 0.524. The van der Waals surface area contributed by atoms with Crippen LogP contribution in [0.3, 0.4) is 0 Å². The highest BCUT2D eigenvalue weighted by atomic mass is 32.1. The molecule has 1 aliphatic heterocycles. The van der Waals surface area contributed by atoms with E-state index in [0.717, 1.165) is 35.2 Å². The number of aromatic hydroxyl groups is 1. The highest BCUT2D eigenvalue weighted by molar-refractivity contribution is 7.17. The number of likely N-dealkylation sites (tertiary alicyclic amines) is 1. The molecule has 1 aromatic carbocycles. The predicted octanol–water partition coefficient (Wildman–Crippen LogP) is 4.43. The summed E-state index contributed by atoms with van der Waals surface area (Å²) in [6.07, 6.45) is 2.03. The quantitative estimate of drug-likeness (QED) is 0.723. The molecule has 1 N–H and O–H groups in total. The first-order chi connectivity index (χ1) is 13.0. The van der Waals surface area contributed by atoms with Gasteiger partial charge < -0.3 is 5.11 Å². The third-order valence-corrected chi connectivity index (χ3v) is 6.50. The van der Waals surface area contributed by atoms with Gasteiger partial charge in [0.1, 0.15) is 0 Å². The number of benzene rings is 1. The van der Waals surface area contributed by atoms with E-state index in [2.05, 4.69) is 60.0 Å². The van der Waals surface area contributed by atoms with Crippen molar-refractivity contribution in [3.8, 4) is 5.88 Å². The maximum atomic E-state index is 11.0. The third kappa shape index (κ3) is 3.48. The maximum Gasteiger partial charge on any atom is 0.230 e. The number of aromatic nitrogens is 3. The first-order valence-corrected chi connectivity index (χ1v) is 10.7. The van der Waals surface area contributed by atoms with Crippen LogP contribution >= 0.6 is 11.3 Å². The van der Waals surface area contributed by atoms with Gasteiger partial charge >= 0.3 is 0 Å². The van der Waals surface area contributed by atoms with Crippen LogP contribution in [0.2, 0.25) is 0 Å². The Balaban J connectivity index is 1.82. The molecule has 0 aliphatic carbocycles. The summed E-state index contributed by atoms with van der Waals surface area (Å²) < 4.78 is 1.61. The number of hydrogen-bond acceptors (Lipinski definition) is 5. The number of nitrogens with zero attached hydrogens (tertiary/aromatic N) is 4. The van der Waals surface area contributed by atoms with Crippen molar-refractivity contribution in [3.63, 3.8) is 0 Å². The Morgan fingerprint density at radius 3 is 2.63 bits per heavy atom. The van der Waals surface area contributed by atoms with Gasteiger partial charge in [-0.25, -0.2) is 4.98 Å². The molecule has 1 saturated heterocycles. The third-order valence-electron chi connectivity index (χ3n) is 5.43. The lowest BCUT2D eigenvalue weighted by Gasteiger charge is -2.40. The van der Waals surface area contributed by atoms with Crippen molar-refractivity contribution < 1.29 is 5.11 Å². The van der Waals surface area contributed by atoms with Crippen LogP contribution in [0.15, 0.2) is 24.3 Å². The minimum atomic E-state index is 0.0358. The Morgan fingerprint density at radius 1 is 1.26 bits per heavy atom. The Labute approximate surface area is 164 Å². The van der Waals surface area contributed by atoms with E-state index in [-0.39, 0.29) is 11.9 Å². The molecule has 4 rings (SSSR count). The Hall–Kier alpha value is -1.92. The number of aryl methyl sites for hydroxylation is 2. The maximum absolute atomic E-state index is 11.0. The van der Waals surface area contributed by atoms with E-state index in [4.69, 9.17) is 0 Å². The molecule has 1 fully saturated rings. The molecule has 144 valence electrons. The summed E-state index contributed by atoms with van der Waals surface area (Å²) in [7, 11) is 0. The molecule has 1 aliphatic rings. The van der Waals surface area contributed by atoms with Gasteiger partial charge in [-0.15, -0.1) is 5.10 Å². The van der Waals surface area contributed by atoms with Crippen molar-refractivity contribution in [1.82, 2.24) is 19.5 Å². The molecule has 0 spiro atoms. The number of rotatable bonds is 4. The van der Waals surface area contributed by atoms with Gasteiger partial charge in [0.25, 0.3) is 0 Å². The van der Waals surface area contributed by atoms with Crippen LogP contribution in [0.4, 0.5) is 0 Å². The monoisotopic (exact) mass is 384 g/mol. The van der Waals surface area contributed by atoms with Crippen LogP contribution in [0.5, 0.6) is 5.88 Å². The number of hydrogen-bond donors (Lipinski definition) is 1. The van der Waals surface area contributed by atoms with E-state index < -0.39 is 0 Å². The van der Waals surface area contributed by atoms with Crippen molar-refractivity contribution in [2.45, 2.75) is 46.6 Å². The molecule has 0 bridgehead atoms. The van der Waals surface area contributed by atoms with Crippen molar-refractivity contribution >= 4 is 16.3 Å². The molecule has 0 saturated carbocycles. The zero-order valence-corrected chi connectivity index (χ0v) is 17.3. The topological polar surface area (TPSA) is 53.7 Å². The van der Waals surface area contributed by atoms with E-state index >= 15 is 0 Å². The molecular formula is C21H28N4OS. The molecule has 3 heterocycles. The van der Waals surface area contributed by atoms with Crippen LogP contribution in [0.1, 0.15) is 55.1 Å². The lowest BCUT2D eigenvalue weighted by molar-refractivity contribution is 0.112. The minimum absolute atomic E-state index is 0.0358. The van der Waals surface area contributed by atoms with Gasteiger partial charge in [0.05, 0.1) is 10.9 Å². The smallest absolute Gasteiger partial charge is 0.230 e. The zero-order valence-electron chi connectivity index (χ0n) is 16.5. The first-order valence-electron chi connectivity index (χ1n) is 9.84. The van der Waals surface area contributed by atoms with E-state index in [1.165, 1.54) is 17.5 Å². The summed E-state index contributed by atoms with van der Waals surface area (Å²) in [6.45, 7) is 10.9. The lowest BCUT2D eigenvalue weighted by atomic mass is 9.89. The molecular weight excluding hydrogens is 356 g/mol. The number of fused-ring (bicyclic) bond motifs is 1. The van der Waals surface area contributed by atoms with E-state index in [9.17, 15) is 5.11 Å². The molecule has 2 aromatic heterocycles. The van der Waals surface area contributed by atoms with Gasteiger partial charge in [0, 0.05) is 19.5 Å². The molecule has 3 atom stereocenters. The van der Waals surface area contributed by atoms with Crippen LogP contribution in [-0.4, -0.2) is 37.7 Å². The van der Waals surface area contributed by atoms with Crippen LogP contribution in [0.25, 0.3) is 4.96 Å². The highest BCUT2D eigenvalue weighted by Crippen LogP contribution is 2.42. The standard InChI is InChI=1S/C21H28N4OS/c1-5-17-22-21-25(23-17)20(26)19(27-21)18(16-8-6-7-13(2)10-16)24-11-14(3)9-15(4)12-24/h6-8,10,14-15,18,26H,5,9,11-12H2,1-4H3/t14-,15+,18-/m1/s1. The van der Waals surface area contributed by atoms with Gasteiger partial charge in [-0.3, -0.25) is 4.90 Å². The van der Waals surface area contributed by atoms with Gasteiger partial charge in [-0.05, 0) is 30.7 Å². The van der Waals surface area contributed by atoms with Gasteiger partial charge in [-0.2, -0.15) is 4.52 Å². The Morgan fingerprint density at radius 2 is 2.00 bits per heavy atom. The first kappa shape index (κ1) is 18.4. The molecule has 0 radical (unpaired) electrons. The zero-order chi connectivity index (χ0) is 19.1. The molecule has 27 heavy (non-hydrogen) atoms. The summed E-state index contributed by atoms with van der Waals surface area (Å²) in [6, 6.07) is 8.68. The van der Waals surface area contributed by atoms with Crippen molar-refractivity contribution in [2.24, 2.45) is 11.8 Å². The minimum Gasteiger partial charge on any atom is -0.492 e. The van der Waals surface area contributed by atoms with E-state index in [0.29, 0.717) is 11.8 Å². The Bertz CT molecular complexity index is 937. The predicted molar refractivity (Wildman–Crippen MR) is 109 cm³/mol. The fourth-order valence-electron chi connectivity index (χ4n) is 4.41. The number of thiazole rings is 1. The largest absolute Gasteiger partial charge is 0.492 e. The van der Waals surface area contributed by atoms with Crippen molar-refractivity contribution in [2.75, 3.05) is 13.1 Å². The second-order valence-electron chi connectivity index (χ2n) is 8.08. The second-order valence-corrected chi connectivity index (χ2v) is 9.09. The van der Waals surface area contributed by atoms with E-state index in [1.54, 1.807) is 15.9 Å². The average molecular weight is 385 g/mol. The van der Waals surface area contributed by atoms with Crippen LogP contribution < -0.4 is 0 Å². The molecule has 0 unspecified atom stereocenters.